The van der Waals surface area contributed by atoms with Crippen LogP contribution in [0.4, 0.5) is 0 Å². The zero-order valence-electron chi connectivity index (χ0n) is 9.29. The number of benzene rings is 1. The topological polar surface area (TPSA) is 29.1 Å². The molecule has 0 amide bonds. The van der Waals surface area contributed by atoms with Gasteiger partial charge in [-0.05, 0) is 37.4 Å². The first-order valence-corrected chi connectivity index (χ1v) is 6.57. The molecule has 0 atom stereocenters. The van der Waals surface area contributed by atoms with Gasteiger partial charge in [0.05, 0.1) is 5.03 Å². The van der Waals surface area contributed by atoms with Crippen molar-refractivity contribution in [3.05, 3.63) is 46.0 Å². The van der Waals surface area contributed by atoms with Crippen molar-refractivity contribution in [2.45, 2.75) is 6.92 Å². The van der Waals surface area contributed by atoms with E-state index in [0.29, 0.717) is 10.6 Å². The first-order valence-electron chi connectivity index (χ1n) is 4.96. The summed E-state index contributed by atoms with van der Waals surface area (Å²) in [6, 6.07) is 6.89. The molecule has 1 aromatic rings. The van der Waals surface area contributed by atoms with Gasteiger partial charge in [0.2, 0.25) is 0 Å². The van der Waals surface area contributed by atoms with Crippen LogP contribution >= 0.6 is 23.4 Å². The van der Waals surface area contributed by atoms with Crippen LogP contribution < -0.4 is 5.32 Å². The van der Waals surface area contributed by atoms with E-state index < -0.39 is 0 Å². The van der Waals surface area contributed by atoms with Crippen LogP contribution in [0.1, 0.15) is 17.3 Å². The van der Waals surface area contributed by atoms with E-state index in [4.69, 9.17) is 11.6 Å². The Kier molecular flexibility index (Phi) is 5.43. The first kappa shape index (κ1) is 13.1. The van der Waals surface area contributed by atoms with E-state index in [-0.39, 0.29) is 5.78 Å². The number of rotatable bonds is 5. The summed E-state index contributed by atoms with van der Waals surface area (Å²) in [4.78, 5) is 11.8. The molecule has 0 saturated heterocycles. The van der Waals surface area contributed by atoms with E-state index >= 15 is 0 Å². The molecule has 1 N–H and O–H groups in total. The number of hydrogen-bond donors (Lipinski definition) is 1. The van der Waals surface area contributed by atoms with Crippen LogP contribution in [0, 0.1) is 0 Å². The molecule has 0 aliphatic rings. The van der Waals surface area contributed by atoms with Gasteiger partial charge in [-0.15, -0.1) is 11.8 Å². The monoisotopic (exact) mass is 255 g/mol. The van der Waals surface area contributed by atoms with Crippen LogP contribution in [0.2, 0.25) is 5.02 Å². The zero-order valence-corrected chi connectivity index (χ0v) is 10.9. The lowest BCUT2D eigenvalue weighted by Gasteiger charge is -2.04. The predicted molar refractivity (Wildman–Crippen MR) is 71.1 cm³/mol. The van der Waals surface area contributed by atoms with Crippen molar-refractivity contribution >= 4 is 29.1 Å². The fourth-order valence-electron chi connectivity index (χ4n) is 1.17. The Morgan fingerprint density at radius 2 is 2.06 bits per heavy atom. The van der Waals surface area contributed by atoms with Gasteiger partial charge in [0.15, 0.2) is 5.78 Å². The minimum atomic E-state index is -0.0121. The Labute approximate surface area is 105 Å². The molecule has 0 fully saturated rings. The summed E-state index contributed by atoms with van der Waals surface area (Å²) in [5.74, 6) is -0.0121. The summed E-state index contributed by atoms with van der Waals surface area (Å²) in [5.41, 5.74) is 0.647. The smallest absolute Gasteiger partial charge is 0.188 e. The Morgan fingerprint density at radius 1 is 1.44 bits per heavy atom. The van der Waals surface area contributed by atoms with Gasteiger partial charge in [0.25, 0.3) is 0 Å². The number of halogens is 1. The van der Waals surface area contributed by atoms with Gasteiger partial charge < -0.3 is 5.32 Å². The second kappa shape index (κ2) is 6.61. The summed E-state index contributed by atoms with van der Waals surface area (Å²) in [6.45, 7) is 2.80. The molecule has 0 unspecified atom stereocenters. The zero-order chi connectivity index (χ0) is 12.0. The van der Waals surface area contributed by atoms with Gasteiger partial charge in [-0.3, -0.25) is 4.79 Å². The first-order chi connectivity index (χ1) is 7.67. The number of thioether (sulfide) groups is 1. The van der Waals surface area contributed by atoms with Crippen LogP contribution in [0.15, 0.2) is 35.4 Å². The molecule has 4 heteroatoms. The Balaban J connectivity index is 2.81. The molecule has 86 valence electrons. The highest BCUT2D eigenvalue weighted by molar-refractivity contribution is 8.02. The van der Waals surface area contributed by atoms with Crippen LogP contribution in [-0.4, -0.2) is 18.6 Å². The second-order valence-electron chi connectivity index (χ2n) is 3.11. The normalized spacial score (nSPS) is 11.3. The summed E-state index contributed by atoms with van der Waals surface area (Å²) in [5, 5.41) is 4.64. The third kappa shape index (κ3) is 3.91. The average Bonchev–Trinajstić information content (AvgIpc) is 2.29. The quantitative estimate of drug-likeness (QED) is 0.646. The largest absolute Gasteiger partial charge is 0.380 e. The molecule has 0 aromatic heterocycles. The number of carbonyl (C=O) groups is 1. The minimum absolute atomic E-state index is 0.0121. The molecule has 0 aliphatic carbocycles. The fraction of sp³-hybridized carbons (Fsp3) is 0.250. The molecular weight excluding hydrogens is 242 g/mol. The Morgan fingerprint density at radius 3 is 2.56 bits per heavy atom. The van der Waals surface area contributed by atoms with Crippen molar-refractivity contribution in [2.75, 3.05) is 12.8 Å². The maximum absolute atomic E-state index is 11.8. The van der Waals surface area contributed by atoms with Crippen molar-refractivity contribution < 1.29 is 4.79 Å². The lowest BCUT2D eigenvalue weighted by Crippen LogP contribution is -2.11. The summed E-state index contributed by atoms with van der Waals surface area (Å²) < 4.78 is 0. The van der Waals surface area contributed by atoms with Crippen molar-refractivity contribution in [2.24, 2.45) is 0 Å². The van der Waals surface area contributed by atoms with E-state index in [0.717, 1.165) is 11.6 Å². The van der Waals surface area contributed by atoms with Gasteiger partial charge in [-0.1, -0.05) is 11.6 Å². The summed E-state index contributed by atoms with van der Waals surface area (Å²) in [6.07, 6.45) is 3.54. The number of ketones is 1. The van der Waals surface area contributed by atoms with Gasteiger partial charge >= 0.3 is 0 Å². The molecule has 2 nitrogen and oxygen atoms in total. The van der Waals surface area contributed by atoms with Crippen molar-refractivity contribution in [3.63, 3.8) is 0 Å². The summed E-state index contributed by atoms with van der Waals surface area (Å²) in [7, 11) is 0. The van der Waals surface area contributed by atoms with Crippen LogP contribution in [0.3, 0.4) is 0 Å². The second-order valence-corrected chi connectivity index (χ2v) is 4.40. The molecule has 0 aliphatic heterocycles. The van der Waals surface area contributed by atoms with E-state index in [1.54, 1.807) is 30.3 Å². The lowest BCUT2D eigenvalue weighted by atomic mass is 10.1. The molecule has 0 heterocycles. The van der Waals surface area contributed by atoms with Crippen LogP contribution in [0.5, 0.6) is 0 Å². The molecular formula is C12H14ClNOS. The number of carbonyl (C=O) groups excluding carboxylic acids is 1. The lowest BCUT2D eigenvalue weighted by molar-refractivity contribution is 0.104. The van der Waals surface area contributed by atoms with Crippen molar-refractivity contribution in [1.29, 1.82) is 0 Å². The Hall–Kier alpha value is -0.930. The maximum Gasteiger partial charge on any atom is 0.188 e. The van der Waals surface area contributed by atoms with Gasteiger partial charge in [0, 0.05) is 23.2 Å². The van der Waals surface area contributed by atoms with E-state index in [1.165, 1.54) is 11.8 Å². The minimum Gasteiger partial charge on any atom is -0.380 e. The van der Waals surface area contributed by atoms with Crippen molar-refractivity contribution in [1.82, 2.24) is 5.32 Å². The highest BCUT2D eigenvalue weighted by atomic mass is 35.5. The molecule has 1 aromatic carbocycles. The maximum atomic E-state index is 11.8. The molecule has 0 bridgehead atoms. The molecule has 16 heavy (non-hydrogen) atoms. The van der Waals surface area contributed by atoms with E-state index in [1.807, 2.05) is 13.2 Å². The third-order valence-electron chi connectivity index (χ3n) is 1.96. The molecule has 0 saturated carbocycles. The van der Waals surface area contributed by atoms with Crippen LogP contribution in [-0.2, 0) is 0 Å². The average molecular weight is 256 g/mol. The van der Waals surface area contributed by atoms with Crippen molar-refractivity contribution in [3.8, 4) is 0 Å². The van der Waals surface area contributed by atoms with E-state index in [9.17, 15) is 4.79 Å². The standard InChI is InChI=1S/C12H14ClNOS/c1-3-14-12(16-2)8-11(15)9-4-6-10(13)7-5-9/h4-8,14H,3H2,1-2H3/b12-8-. The highest BCUT2D eigenvalue weighted by Gasteiger charge is 2.04. The molecule has 0 radical (unpaired) electrons. The predicted octanol–water partition coefficient (Wildman–Crippen LogP) is 3.34. The SMILES string of the molecule is CCN/C(=C/C(=O)c1ccc(Cl)cc1)SC. The molecule has 1 rings (SSSR count). The number of nitrogens with one attached hydrogen (secondary N) is 1. The van der Waals surface area contributed by atoms with Gasteiger partial charge in [-0.25, -0.2) is 0 Å². The number of allylic oxidation sites excluding steroid dienone is 1. The van der Waals surface area contributed by atoms with Crippen LogP contribution in [0.25, 0.3) is 0 Å². The van der Waals surface area contributed by atoms with E-state index in [2.05, 4.69) is 5.32 Å². The molecule has 0 spiro atoms. The van der Waals surface area contributed by atoms with Gasteiger partial charge in [0.1, 0.15) is 0 Å². The summed E-state index contributed by atoms with van der Waals surface area (Å²) >= 11 is 7.28. The van der Waals surface area contributed by atoms with Gasteiger partial charge in [-0.2, -0.15) is 0 Å². The fourth-order valence-corrected chi connectivity index (χ4v) is 1.81. The number of hydrogen-bond acceptors (Lipinski definition) is 3. The highest BCUT2D eigenvalue weighted by Crippen LogP contribution is 2.13. The Bertz CT molecular complexity index is 387. The third-order valence-corrected chi connectivity index (χ3v) is 2.92.